The van der Waals surface area contributed by atoms with E-state index in [1.54, 1.807) is 0 Å². The van der Waals surface area contributed by atoms with Crippen molar-refractivity contribution in [1.82, 2.24) is 0 Å². The minimum Gasteiger partial charge on any atom is -0.509 e. The lowest BCUT2D eigenvalue weighted by Gasteiger charge is -2.44. The summed E-state index contributed by atoms with van der Waals surface area (Å²) < 4.78 is 24.2. The third kappa shape index (κ3) is 4.90. The van der Waals surface area contributed by atoms with Gasteiger partial charge in [-0.05, 0) is 99.5 Å². The Morgan fingerprint density at radius 1 is 0.343 bits per heavy atom. The van der Waals surface area contributed by atoms with Crippen LogP contribution >= 0.6 is 0 Å². The second kappa shape index (κ2) is 13.4. The fourth-order valence-corrected chi connectivity index (χ4v) is 15.7. The Morgan fingerprint density at radius 3 is 1.16 bits per heavy atom. The van der Waals surface area contributed by atoms with Crippen molar-refractivity contribution < 1.29 is 13.6 Å². The highest BCUT2D eigenvalue weighted by molar-refractivity contribution is 6.72. The lowest BCUT2D eigenvalue weighted by Crippen LogP contribution is -2.65. The first-order valence-corrected chi connectivity index (χ1v) is 25.6. The van der Waals surface area contributed by atoms with Gasteiger partial charge in [-0.1, -0.05) is 200 Å². The molecule has 12 aromatic carbocycles. The van der Waals surface area contributed by atoms with Crippen LogP contribution in [0.3, 0.4) is 0 Å². The molecule has 0 amide bonds. The molecule has 3 unspecified atom stereocenters. The number of benzene rings is 12. The molecule has 0 aliphatic carbocycles. The number of hydrogen-bond acceptors (Lipinski definition) is 3. The van der Waals surface area contributed by atoms with Gasteiger partial charge >= 0.3 is 8.56 Å². The summed E-state index contributed by atoms with van der Waals surface area (Å²) in [6, 6.07) is 79.7. The fourth-order valence-electron chi connectivity index (χ4n) is 12.4. The van der Waals surface area contributed by atoms with E-state index in [9.17, 15) is 0 Å². The Labute approximate surface area is 388 Å². The monoisotopic (exact) mass is 872 g/mol. The van der Waals surface area contributed by atoms with Crippen LogP contribution in [0, 0.1) is 0 Å². The molecule has 0 radical (unpaired) electrons. The molecule has 0 aromatic heterocycles. The molecule has 3 aliphatic heterocycles. The summed E-state index contributed by atoms with van der Waals surface area (Å²) in [5.41, 5.74) is 10.0. The van der Waals surface area contributed by atoms with E-state index in [0.717, 1.165) is 94.3 Å². The van der Waals surface area contributed by atoms with Gasteiger partial charge in [-0.3, -0.25) is 0 Å². The van der Waals surface area contributed by atoms with Gasteiger partial charge in [0.2, 0.25) is 5.22 Å². The molecular weight excluding hydrogens is 833 g/mol. The molecule has 1 spiro atoms. The molecule has 3 atom stereocenters. The highest BCUT2D eigenvalue weighted by atomic mass is 28.4. The molecule has 0 N–H and O–H groups in total. The van der Waals surface area contributed by atoms with Gasteiger partial charge in [-0.25, -0.2) is 0 Å². The molecule has 12 aromatic rings. The van der Waals surface area contributed by atoms with Crippen LogP contribution in [0.25, 0.3) is 98.0 Å². The molecule has 314 valence electrons. The lowest BCUT2D eigenvalue weighted by molar-refractivity contribution is 0.121. The van der Waals surface area contributed by atoms with E-state index in [1.165, 1.54) is 37.7 Å². The highest BCUT2D eigenvalue weighted by Gasteiger charge is 2.77. The molecule has 0 bridgehead atoms. The van der Waals surface area contributed by atoms with E-state index in [1.807, 2.05) is 0 Å². The van der Waals surface area contributed by atoms with Gasteiger partial charge < -0.3 is 13.6 Å². The van der Waals surface area contributed by atoms with Gasteiger partial charge in [0.05, 0.1) is 5.92 Å². The van der Waals surface area contributed by atoms with E-state index in [4.69, 9.17) is 13.6 Å². The summed E-state index contributed by atoms with van der Waals surface area (Å²) in [7, 11) is -3.63. The zero-order chi connectivity index (χ0) is 44.0. The Balaban J connectivity index is 1.12. The Kier molecular flexibility index (Phi) is 7.44. The highest BCUT2D eigenvalue weighted by Crippen LogP contribution is 2.70. The average molecular weight is 873 g/mol. The molecule has 3 heterocycles. The van der Waals surface area contributed by atoms with Crippen LogP contribution in [0.1, 0.15) is 22.6 Å². The quantitative estimate of drug-likeness (QED) is 0.166. The number of rotatable bonds is 3. The maximum atomic E-state index is 8.22. The van der Waals surface area contributed by atoms with Crippen LogP contribution in [0.4, 0.5) is 0 Å². The number of fused-ring (bicyclic) bond motifs is 11. The van der Waals surface area contributed by atoms with Crippen LogP contribution in [0.5, 0.6) is 17.2 Å². The summed E-state index contributed by atoms with van der Waals surface area (Å²) >= 11 is 0. The minimum atomic E-state index is -3.63. The molecule has 0 saturated heterocycles. The van der Waals surface area contributed by atoms with Crippen molar-refractivity contribution in [2.45, 2.75) is 17.7 Å². The molecule has 0 fully saturated rings. The maximum Gasteiger partial charge on any atom is 0.509 e. The van der Waals surface area contributed by atoms with E-state index >= 15 is 0 Å². The molecule has 3 aliphatic rings. The van der Waals surface area contributed by atoms with Crippen molar-refractivity contribution in [1.29, 1.82) is 0 Å². The van der Waals surface area contributed by atoms with Crippen molar-refractivity contribution in [2.24, 2.45) is 0 Å². The summed E-state index contributed by atoms with van der Waals surface area (Å²) in [6.45, 7) is 2.27. The Morgan fingerprint density at radius 2 is 0.687 bits per heavy atom. The summed E-state index contributed by atoms with van der Waals surface area (Å²) in [6.07, 6.45) is 0. The SMILES string of the molecule is C[Si]12Oc3c(cc4ccccc4c3-c3cccc4ccccc34)C3c4cc5ccccc5c(-c5cccc6ccccc56)c4OC31c1cc3ccccc3c(-c3cccc4ccccc34)c1O2. The van der Waals surface area contributed by atoms with Crippen molar-refractivity contribution in [3.8, 4) is 50.6 Å². The van der Waals surface area contributed by atoms with Crippen molar-refractivity contribution >= 4 is 73.2 Å². The second-order valence-corrected chi connectivity index (χ2v) is 21.7. The zero-order valence-corrected chi connectivity index (χ0v) is 37.6. The summed E-state index contributed by atoms with van der Waals surface area (Å²) in [5.74, 6) is 2.33. The standard InChI is InChI=1S/C63H40O3Si/c1-67-63(55-37-43-22-7-13-31-49(43)58(62(55)66-67)52-34-16-25-40-19-4-10-28-46(40)52)59(53-35-41-20-5-11-29-47(41)56(60(53)64-63)50-32-14-23-38-17-2-8-26-44(38)50)54-36-42-21-6-12-30-48(42)57(61(54)65-67)51-33-15-24-39-18-3-9-27-45(39)51/h2-37,59H,1H3. The first-order chi connectivity index (χ1) is 33.1. The Hall–Kier alpha value is -8.18. The lowest BCUT2D eigenvalue weighted by atomic mass is 9.78. The third-order valence-electron chi connectivity index (χ3n) is 15.2. The first kappa shape index (κ1) is 37.1. The Bertz CT molecular complexity index is 4120. The number of hydrogen-bond donors (Lipinski definition) is 0. The second-order valence-electron chi connectivity index (χ2n) is 18.6. The first-order valence-electron chi connectivity index (χ1n) is 23.3. The van der Waals surface area contributed by atoms with E-state index in [0.29, 0.717) is 0 Å². The van der Waals surface area contributed by atoms with Gasteiger partial charge in [-0.15, -0.1) is 0 Å². The molecule has 67 heavy (non-hydrogen) atoms. The topological polar surface area (TPSA) is 27.7 Å². The normalized spacial score (nSPS) is 18.9. The van der Waals surface area contributed by atoms with Crippen LogP contribution in [-0.2, 0) is 5.22 Å². The van der Waals surface area contributed by atoms with E-state index < -0.39 is 13.8 Å². The van der Waals surface area contributed by atoms with Crippen LogP contribution in [-0.4, -0.2) is 8.56 Å². The smallest absolute Gasteiger partial charge is 0.509 e. The van der Waals surface area contributed by atoms with Crippen molar-refractivity contribution in [3.05, 3.63) is 235 Å². The third-order valence-corrected chi connectivity index (χ3v) is 18.4. The van der Waals surface area contributed by atoms with Gasteiger partial charge in [0.1, 0.15) is 17.2 Å². The largest absolute Gasteiger partial charge is 0.509 e. The van der Waals surface area contributed by atoms with Gasteiger partial charge in [0.15, 0.2) is 0 Å². The molecule has 15 rings (SSSR count). The number of ether oxygens (including phenoxy) is 1. The van der Waals surface area contributed by atoms with E-state index in [2.05, 4.69) is 225 Å². The molecule has 3 nitrogen and oxygen atoms in total. The van der Waals surface area contributed by atoms with Crippen LogP contribution in [0.2, 0.25) is 6.55 Å². The summed E-state index contributed by atoms with van der Waals surface area (Å²) in [4.78, 5) is 0. The van der Waals surface area contributed by atoms with Crippen molar-refractivity contribution in [2.75, 3.05) is 0 Å². The fraction of sp³-hybridized carbons (Fsp3) is 0.0476. The van der Waals surface area contributed by atoms with Gasteiger partial charge in [0, 0.05) is 39.9 Å². The maximum absolute atomic E-state index is 8.22. The zero-order valence-electron chi connectivity index (χ0n) is 36.6. The molecule has 4 heteroatoms. The van der Waals surface area contributed by atoms with Crippen LogP contribution in [0.15, 0.2) is 218 Å². The predicted molar refractivity (Wildman–Crippen MR) is 278 cm³/mol. The summed E-state index contributed by atoms with van der Waals surface area (Å²) in [5, 5.41) is 13.0. The van der Waals surface area contributed by atoms with Gasteiger partial charge in [-0.2, -0.15) is 0 Å². The van der Waals surface area contributed by atoms with E-state index in [-0.39, 0.29) is 5.92 Å². The van der Waals surface area contributed by atoms with Crippen molar-refractivity contribution in [3.63, 3.8) is 0 Å². The van der Waals surface area contributed by atoms with Gasteiger partial charge in [0.25, 0.3) is 0 Å². The predicted octanol–water partition coefficient (Wildman–Crippen LogP) is 16.4. The molecule has 0 saturated carbocycles. The minimum absolute atomic E-state index is 0.289. The molecular formula is C63H40O3Si. The average Bonchev–Trinajstić information content (AvgIpc) is 3.85. The van der Waals surface area contributed by atoms with Crippen LogP contribution < -0.4 is 13.6 Å².